The van der Waals surface area contributed by atoms with Crippen LogP contribution in [0.2, 0.25) is 0 Å². The Morgan fingerprint density at radius 2 is 1.89 bits per heavy atom. The summed E-state index contributed by atoms with van der Waals surface area (Å²) in [5.74, 6) is -1.61. The van der Waals surface area contributed by atoms with Gasteiger partial charge in [0.15, 0.2) is 11.6 Å². The fourth-order valence-corrected chi connectivity index (χ4v) is 6.09. The summed E-state index contributed by atoms with van der Waals surface area (Å²) in [6.07, 6.45) is 6.06. The highest BCUT2D eigenvalue weighted by molar-refractivity contribution is 8.00. The SMILES string of the molecule is Cn1cc(S[C@@H]2CC3CC[C@@H](C2)[C@]3(C)O)cc1C(=O)Nc1ccc(F)c(F)c1. The molecule has 1 heterocycles. The third-order valence-corrected chi connectivity index (χ3v) is 7.52. The molecule has 2 aliphatic rings. The summed E-state index contributed by atoms with van der Waals surface area (Å²) in [6, 6.07) is 5.12. The average molecular weight is 406 g/mol. The smallest absolute Gasteiger partial charge is 0.272 e. The Labute approximate surface area is 167 Å². The number of rotatable bonds is 4. The van der Waals surface area contributed by atoms with Crippen LogP contribution in [0.15, 0.2) is 35.4 Å². The molecule has 2 aromatic rings. The van der Waals surface area contributed by atoms with Crippen molar-refractivity contribution in [3.05, 3.63) is 47.8 Å². The lowest BCUT2D eigenvalue weighted by atomic mass is 9.76. The number of halogens is 2. The van der Waals surface area contributed by atoms with Gasteiger partial charge in [0.25, 0.3) is 5.91 Å². The maximum Gasteiger partial charge on any atom is 0.272 e. The Morgan fingerprint density at radius 1 is 1.21 bits per heavy atom. The fraction of sp³-hybridized carbons (Fsp3) is 0.476. The molecule has 2 bridgehead atoms. The van der Waals surface area contributed by atoms with E-state index in [-0.39, 0.29) is 11.6 Å². The summed E-state index contributed by atoms with van der Waals surface area (Å²) in [4.78, 5) is 13.5. The Balaban J connectivity index is 1.43. The summed E-state index contributed by atoms with van der Waals surface area (Å²) in [5, 5.41) is 13.7. The summed E-state index contributed by atoms with van der Waals surface area (Å²) in [5.41, 5.74) is 0.131. The number of hydrogen-bond donors (Lipinski definition) is 2. The number of aryl methyl sites for hydroxylation is 1. The Bertz CT molecular complexity index is 896. The predicted molar refractivity (Wildman–Crippen MR) is 105 cm³/mol. The van der Waals surface area contributed by atoms with Crippen molar-refractivity contribution in [2.45, 2.75) is 48.4 Å². The lowest BCUT2D eigenvalue weighted by molar-refractivity contribution is -0.0407. The molecule has 2 N–H and O–H groups in total. The van der Waals surface area contributed by atoms with Crippen LogP contribution >= 0.6 is 11.8 Å². The highest BCUT2D eigenvalue weighted by Gasteiger charge is 2.50. The number of benzene rings is 1. The normalized spacial score (nSPS) is 29.1. The maximum absolute atomic E-state index is 13.3. The zero-order valence-electron chi connectivity index (χ0n) is 15.9. The summed E-state index contributed by atoms with van der Waals surface area (Å²) in [7, 11) is 1.79. The molecule has 2 saturated carbocycles. The van der Waals surface area contributed by atoms with Gasteiger partial charge in [0.2, 0.25) is 0 Å². The van der Waals surface area contributed by atoms with Crippen LogP contribution < -0.4 is 5.32 Å². The van der Waals surface area contributed by atoms with Gasteiger partial charge in [0.05, 0.1) is 5.60 Å². The van der Waals surface area contributed by atoms with Crippen LogP contribution in [0.25, 0.3) is 0 Å². The van der Waals surface area contributed by atoms with Crippen molar-refractivity contribution in [3.63, 3.8) is 0 Å². The highest BCUT2D eigenvalue weighted by Crippen LogP contribution is 2.52. The van der Waals surface area contributed by atoms with E-state index in [0.717, 1.165) is 42.7 Å². The first-order valence-electron chi connectivity index (χ1n) is 9.56. The fourth-order valence-electron chi connectivity index (χ4n) is 4.65. The molecule has 1 aromatic carbocycles. The number of carbonyl (C=O) groups is 1. The van der Waals surface area contributed by atoms with Crippen molar-refractivity contribution < 1.29 is 18.7 Å². The van der Waals surface area contributed by atoms with Gasteiger partial charge in [-0.25, -0.2) is 8.78 Å². The Kier molecular flexibility index (Phi) is 5.00. The van der Waals surface area contributed by atoms with Crippen LogP contribution in [0.4, 0.5) is 14.5 Å². The largest absolute Gasteiger partial charge is 0.390 e. The van der Waals surface area contributed by atoms with E-state index in [2.05, 4.69) is 5.32 Å². The van der Waals surface area contributed by atoms with Gasteiger partial charge in [0, 0.05) is 35.1 Å². The monoisotopic (exact) mass is 406 g/mol. The van der Waals surface area contributed by atoms with Crippen molar-refractivity contribution in [1.29, 1.82) is 0 Å². The van der Waals surface area contributed by atoms with Crippen LogP contribution in [0.1, 0.15) is 43.1 Å². The minimum Gasteiger partial charge on any atom is -0.390 e. The molecule has 1 amide bonds. The Hall–Kier alpha value is -1.86. The minimum absolute atomic E-state index is 0.213. The molecule has 4 rings (SSSR count). The number of hydrogen-bond acceptors (Lipinski definition) is 3. The molecule has 7 heteroatoms. The number of anilines is 1. The topological polar surface area (TPSA) is 54.3 Å². The number of amides is 1. The molecule has 0 radical (unpaired) electrons. The number of fused-ring (bicyclic) bond motifs is 2. The van der Waals surface area contributed by atoms with Crippen LogP contribution in [0, 0.1) is 23.5 Å². The van der Waals surface area contributed by atoms with Crippen molar-refractivity contribution >= 4 is 23.4 Å². The molecule has 4 nitrogen and oxygen atoms in total. The predicted octanol–water partition coefficient (Wildman–Crippen LogP) is 4.59. The van der Waals surface area contributed by atoms with Crippen molar-refractivity contribution in [2.24, 2.45) is 18.9 Å². The molecule has 1 aromatic heterocycles. The Morgan fingerprint density at radius 3 is 2.54 bits per heavy atom. The van der Waals surface area contributed by atoms with E-state index in [1.807, 2.05) is 19.2 Å². The van der Waals surface area contributed by atoms with Crippen LogP contribution in [0.5, 0.6) is 0 Å². The molecule has 0 aliphatic heterocycles. The number of aromatic nitrogens is 1. The summed E-state index contributed by atoms with van der Waals surface area (Å²) in [6.45, 7) is 1.97. The second kappa shape index (κ2) is 7.19. The standard InChI is InChI=1S/C21H24F2N2O2S/c1-21(27)12-3-4-13(21)8-15(7-12)28-16-10-19(25(2)11-16)20(26)24-14-5-6-17(22)18(23)9-14/h5-6,9-13,15,27H,3-4,7-8H2,1-2H3,(H,24,26)/t12-,13?,15-,21-/m0/s1. The average Bonchev–Trinajstić information content (AvgIpc) is 3.01. The van der Waals surface area contributed by atoms with Crippen molar-refractivity contribution in [3.8, 4) is 0 Å². The van der Waals surface area contributed by atoms with Gasteiger partial charge in [-0.2, -0.15) is 0 Å². The van der Waals surface area contributed by atoms with E-state index in [0.29, 0.717) is 22.8 Å². The second-order valence-corrected chi connectivity index (χ2v) is 9.54. The summed E-state index contributed by atoms with van der Waals surface area (Å²) < 4.78 is 28.1. The lowest BCUT2D eigenvalue weighted by Gasteiger charge is -2.40. The van der Waals surface area contributed by atoms with E-state index in [1.165, 1.54) is 6.07 Å². The molecular weight excluding hydrogens is 382 g/mol. The third kappa shape index (κ3) is 3.57. The van der Waals surface area contributed by atoms with E-state index in [4.69, 9.17) is 0 Å². The van der Waals surface area contributed by atoms with Gasteiger partial charge in [-0.3, -0.25) is 4.79 Å². The van der Waals surface area contributed by atoms with Gasteiger partial charge in [0.1, 0.15) is 5.69 Å². The van der Waals surface area contributed by atoms with Crippen molar-refractivity contribution in [1.82, 2.24) is 4.57 Å². The lowest BCUT2D eigenvalue weighted by Crippen LogP contribution is -2.42. The first-order chi connectivity index (χ1) is 13.2. The molecule has 28 heavy (non-hydrogen) atoms. The highest BCUT2D eigenvalue weighted by atomic mass is 32.2. The van der Waals surface area contributed by atoms with Gasteiger partial charge < -0.3 is 15.0 Å². The molecule has 150 valence electrons. The zero-order chi connectivity index (χ0) is 20.1. The first kappa shape index (κ1) is 19.5. The van der Waals surface area contributed by atoms with Crippen LogP contribution in [-0.4, -0.2) is 26.4 Å². The third-order valence-electron chi connectivity index (χ3n) is 6.30. The zero-order valence-corrected chi connectivity index (χ0v) is 16.7. The molecule has 4 atom stereocenters. The van der Waals surface area contributed by atoms with Gasteiger partial charge >= 0.3 is 0 Å². The van der Waals surface area contributed by atoms with E-state index >= 15 is 0 Å². The molecule has 2 aliphatic carbocycles. The van der Waals surface area contributed by atoms with E-state index in [1.54, 1.807) is 23.4 Å². The van der Waals surface area contributed by atoms with Gasteiger partial charge in [-0.05, 0) is 62.6 Å². The summed E-state index contributed by atoms with van der Waals surface area (Å²) >= 11 is 1.75. The van der Waals surface area contributed by atoms with E-state index in [9.17, 15) is 18.7 Å². The number of thioether (sulfide) groups is 1. The number of nitrogens with one attached hydrogen (secondary N) is 1. The quantitative estimate of drug-likeness (QED) is 0.781. The maximum atomic E-state index is 13.3. The number of nitrogens with zero attached hydrogens (tertiary/aromatic N) is 1. The first-order valence-corrected chi connectivity index (χ1v) is 10.4. The minimum atomic E-state index is -0.997. The molecule has 0 saturated heterocycles. The van der Waals surface area contributed by atoms with Crippen LogP contribution in [0.3, 0.4) is 0 Å². The second-order valence-electron chi connectivity index (χ2n) is 8.16. The van der Waals surface area contributed by atoms with Crippen LogP contribution in [-0.2, 0) is 7.05 Å². The molecular formula is C21H24F2N2O2S. The van der Waals surface area contributed by atoms with Crippen molar-refractivity contribution in [2.75, 3.05) is 5.32 Å². The van der Waals surface area contributed by atoms with E-state index < -0.39 is 17.2 Å². The van der Waals surface area contributed by atoms with Gasteiger partial charge in [-0.1, -0.05) is 0 Å². The number of carbonyl (C=O) groups excluding carboxylic acids is 1. The number of aliphatic hydroxyl groups is 1. The molecule has 2 fully saturated rings. The molecule has 1 unspecified atom stereocenters. The van der Waals surface area contributed by atoms with Gasteiger partial charge in [-0.15, -0.1) is 11.8 Å². The molecule has 0 spiro atoms.